The van der Waals surface area contributed by atoms with Crippen LogP contribution in [0.4, 0.5) is 0 Å². The summed E-state index contributed by atoms with van der Waals surface area (Å²) in [5.74, 6) is 7.24. The molecule has 0 radical (unpaired) electrons. The molecule has 0 aliphatic heterocycles. The molecule has 4 heteroatoms. The molecule has 0 amide bonds. The minimum atomic E-state index is 0.294. The number of hydrazine groups is 1. The van der Waals surface area contributed by atoms with Crippen molar-refractivity contribution in [3.05, 3.63) is 28.2 Å². The van der Waals surface area contributed by atoms with E-state index in [-0.39, 0.29) is 0 Å². The van der Waals surface area contributed by atoms with E-state index in [4.69, 9.17) is 10.6 Å². The van der Waals surface area contributed by atoms with Crippen molar-refractivity contribution in [2.45, 2.75) is 53.0 Å². The molecule has 0 aromatic heterocycles. The van der Waals surface area contributed by atoms with Crippen molar-refractivity contribution in [2.75, 3.05) is 7.11 Å². The molecule has 0 heterocycles. The zero-order valence-corrected chi connectivity index (χ0v) is 15.5. The highest BCUT2D eigenvalue weighted by molar-refractivity contribution is 9.10. The van der Waals surface area contributed by atoms with Crippen LogP contribution in [0.25, 0.3) is 0 Å². The van der Waals surface area contributed by atoms with Crippen LogP contribution in [-0.2, 0) is 6.42 Å². The molecule has 1 rings (SSSR count). The second-order valence-corrected chi connectivity index (χ2v) is 8.00. The number of rotatable bonds is 7. The number of benzene rings is 1. The van der Waals surface area contributed by atoms with E-state index in [0.717, 1.165) is 23.1 Å². The second kappa shape index (κ2) is 8.16. The van der Waals surface area contributed by atoms with Gasteiger partial charge in [0.15, 0.2) is 0 Å². The Hall–Kier alpha value is -0.580. The van der Waals surface area contributed by atoms with Crippen LogP contribution >= 0.6 is 15.9 Å². The van der Waals surface area contributed by atoms with Crippen molar-refractivity contribution in [3.8, 4) is 5.75 Å². The van der Waals surface area contributed by atoms with E-state index in [2.05, 4.69) is 61.2 Å². The third kappa shape index (κ3) is 6.81. The largest absolute Gasteiger partial charge is 0.496 e. The van der Waals surface area contributed by atoms with Gasteiger partial charge in [0.05, 0.1) is 11.6 Å². The normalized spacial score (nSPS) is 14.8. The molecule has 3 nitrogen and oxygen atoms in total. The van der Waals surface area contributed by atoms with Gasteiger partial charge in [-0.3, -0.25) is 11.3 Å². The Balaban J connectivity index is 2.63. The van der Waals surface area contributed by atoms with Crippen LogP contribution < -0.4 is 16.0 Å². The lowest BCUT2D eigenvalue weighted by Gasteiger charge is -2.26. The summed E-state index contributed by atoms with van der Waals surface area (Å²) in [7, 11) is 1.68. The monoisotopic (exact) mass is 356 g/mol. The molecule has 0 spiro atoms. The fourth-order valence-corrected chi connectivity index (χ4v) is 3.53. The van der Waals surface area contributed by atoms with E-state index in [1.54, 1.807) is 7.11 Å². The number of nitrogens with two attached hydrogens (primary N) is 1. The lowest BCUT2D eigenvalue weighted by Crippen LogP contribution is -2.38. The lowest BCUT2D eigenvalue weighted by molar-refractivity contribution is 0.274. The van der Waals surface area contributed by atoms with Gasteiger partial charge in [0.1, 0.15) is 5.75 Å². The summed E-state index contributed by atoms with van der Waals surface area (Å²) in [6, 6.07) is 6.49. The van der Waals surface area contributed by atoms with Crippen molar-refractivity contribution in [1.29, 1.82) is 0 Å². The van der Waals surface area contributed by atoms with E-state index >= 15 is 0 Å². The highest BCUT2D eigenvalue weighted by Crippen LogP contribution is 2.29. The molecular formula is C17H29BrN2O. The summed E-state index contributed by atoms with van der Waals surface area (Å²) in [4.78, 5) is 0. The van der Waals surface area contributed by atoms with Crippen LogP contribution in [-0.4, -0.2) is 13.2 Å². The van der Waals surface area contributed by atoms with Gasteiger partial charge < -0.3 is 4.74 Å². The fraction of sp³-hybridized carbons (Fsp3) is 0.647. The van der Waals surface area contributed by atoms with Gasteiger partial charge in [-0.15, -0.1) is 0 Å². The molecular weight excluding hydrogens is 328 g/mol. The zero-order chi connectivity index (χ0) is 16.0. The zero-order valence-electron chi connectivity index (χ0n) is 13.9. The van der Waals surface area contributed by atoms with Crippen molar-refractivity contribution in [2.24, 2.45) is 17.2 Å². The van der Waals surface area contributed by atoms with E-state index in [0.29, 0.717) is 17.4 Å². The first-order valence-corrected chi connectivity index (χ1v) is 8.33. The summed E-state index contributed by atoms with van der Waals surface area (Å²) in [5.41, 5.74) is 4.59. The van der Waals surface area contributed by atoms with Gasteiger partial charge in [0, 0.05) is 6.04 Å². The predicted molar refractivity (Wildman–Crippen MR) is 93.4 cm³/mol. The van der Waals surface area contributed by atoms with Crippen LogP contribution in [0.15, 0.2) is 22.7 Å². The molecule has 21 heavy (non-hydrogen) atoms. The molecule has 0 saturated carbocycles. The van der Waals surface area contributed by atoms with Gasteiger partial charge in [-0.1, -0.05) is 33.8 Å². The molecule has 0 saturated heterocycles. The Bertz CT molecular complexity index is 443. The van der Waals surface area contributed by atoms with E-state index < -0.39 is 0 Å². The molecule has 3 N–H and O–H groups in total. The van der Waals surface area contributed by atoms with Crippen LogP contribution in [0, 0.1) is 11.3 Å². The first kappa shape index (κ1) is 18.5. The van der Waals surface area contributed by atoms with Crippen LogP contribution in [0.1, 0.15) is 46.1 Å². The Morgan fingerprint density at radius 3 is 2.48 bits per heavy atom. The standard InChI is InChI=1S/C17H29BrN2O/c1-12(11-17(2,3)4)8-14(20-19)9-13-6-7-16(21-5)15(18)10-13/h6-7,10,12,14,20H,8-9,11,19H2,1-5H3. The molecule has 1 aromatic carbocycles. The molecule has 2 atom stereocenters. The highest BCUT2D eigenvalue weighted by atomic mass is 79.9. The topological polar surface area (TPSA) is 47.3 Å². The summed E-state index contributed by atoms with van der Waals surface area (Å²) in [6.07, 6.45) is 3.21. The van der Waals surface area contributed by atoms with Gasteiger partial charge in [-0.2, -0.15) is 0 Å². The molecule has 120 valence electrons. The minimum Gasteiger partial charge on any atom is -0.496 e. The Labute approximate surface area is 137 Å². The number of methoxy groups -OCH3 is 1. The summed E-state index contributed by atoms with van der Waals surface area (Å²) in [6.45, 7) is 9.17. The second-order valence-electron chi connectivity index (χ2n) is 7.14. The summed E-state index contributed by atoms with van der Waals surface area (Å²) < 4.78 is 6.25. The Morgan fingerprint density at radius 1 is 1.33 bits per heavy atom. The highest BCUT2D eigenvalue weighted by Gasteiger charge is 2.19. The number of ether oxygens (including phenoxy) is 1. The third-order valence-electron chi connectivity index (χ3n) is 3.58. The molecule has 0 aliphatic carbocycles. The van der Waals surface area contributed by atoms with Crippen molar-refractivity contribution < 1.29 is 4.74 Å². The van der Waals surface area contributed by atoms with E-state index in [1.165, 1.54) is 12.0 Å². The SMILES string of the molecule is COc1ccc(CC(CC(C)CC(C)(C)C)NN)cc1Br. The average molecular weight is 357 g/mol. The van der Waals surface area contributed by atoms with Crippen LogP contribution in [0.5, 0.6) is 5.75 Å². The number of hydrogen-bond acceptors (Lipinski definition) is 3. The number of halogens is 1. The van der Waals surface area contributed by atoms with Crippen molar-refractivity contribution in [1.82, 2.24) is 5.43 Å². The number of nitrogens with one attached hydrogen (secondary N) is 1. The fourth-order valence-electron chi connectivity index (χ4n) is 2.95. The van der Waals surface area contributed by atoms with Gasteiger partial charge in [0.2, 0.25) is 0 Å². The lowest BCUT2D eigenvalue weighted by atomic mass is 9.82. The van der Waals surface area contributed by atoms with Crippen molar-refractivity contribution >= 4 is 15.9 Å². The van der Waals surface area contributed by atoms with Gasteiger partial charge in [-0.25, -0.2) is 0 Å². The average Bonchev–Trinajstić information content (AvgIpc) is 2.36. The van der Waals surface area contributed by atoms with Crippen LogP contribution in [0.2, 0.25) is 0 Å². The van der Waals surface area contributed by atoms with E-state index in [9.17, 15) is 0 Å². The maximum Gasteiger partial charge on any atom is 0.133 e. The van der Waals surface area contributed by atoms with Crippen LogP contribution in [0.3, 0.4) is 0 Å². The quantitative estimate of drug-likeness (QED) is 0.565. The molecule has 1 aromatic rings. The molecule has 0 aliphatic rings. The smallest absolute Gasteiger partial charge is 0.133 e. The van der Waals surface area contributed by atoms with Crippen molar-refractivity contribution in [3.63, 3.8) is 0 Å². The Kier molecular flexibility index (Phi) is 7.17. The Morgan fingerprint density at radius 2 is 2.00 bits per heavy atom. The van der Waals surface area contributed by atoms with Gasteiger partial charge in [0.25, 0.3) is 0 Å². The minimum absolute atomic E-state index is 0.294. The maximum atomic E-state index is 5.74. The predicted octanol–water partition coefficient (Wildman–Crippen LogP) is 4.29. The molecule has 0 fully saturated rings. The molecule has 0 bridgehead atoms. The van der Waals surface area contributed by atoms with Gasteiger partial charge in [-0.05, 0) is 64.2 Å². The number of hydrogen-bond donors (Lipinski definition) is 2. The first-order chi connectivity index (χ1) is 9.75. The van der Waals surface area contributed by atoms with E-state index in [1.807, 2.05) is 6.07 Å². The summed E-state index contributed by atoms with van der Waals surface area (Å²) in [5, 5.41) is 0. The third-order valence-corrected chi connectivity index (χ3v) is 4.20. The maximum absolute atomic E-state index is 5.74. The summed E-state index contributed by atoms with van der Waals surface area (Å²) >= 11 is 3.53. The van der Waals surface area contributed by atoms with Gasteiger partial charge >= 0.3 is 0 Å². The molecule has 2 unspecified atom stereocenters. The first-order valence-electron chi connectivity index (χ1n) is 7.53.